The van der Waals surface area contributed by atoms with Gasteiger partial charge in [0.15, 0.2) is 6.29 Å². The molecule has 0 aromatic rings. The summed E-state index contributed by atoms with van der Waals surface area (Å²) in [6, 6.07) is 0. The van der Waals surface area contributed by atoms with Crippen LogP contribution in [-0.2, 0) is 14.4 Å². The van der Waals surface area contributed by atoms with Gasteiger partial charge < -0.3 is 35.8 Å². The molecule has 7 N–H and O–H groups in total. The van der Waals surface area contributed by atoms with Crippen molar-refractivity contribution in [3.05, 3.63) is 0 Å². The molecule has 0 saturated carbocycles. The van der Waals surface area contributed by atoms with Crippen molar-refractivity contribution < 1.29 is 45.4 Å². The summed E-state index contributed by atoms with van der Waals surface area (Å²) in [7, 11) is 0. The Hall–Kier alpha value is -1.19. The summed E-state index contributed by atoms with van der Waals surface area (Å²) in [4.78, 5) is 26.1. The number of aldehydes is 1. The molecule has 0 bridgehead atoms. The molecule has 0 aromatic carbocycles. The second kappa shape index (κ2) is 11.9. The molecular formula is C7H14O9. The van der Waals surface area contributed by atoms with Gasteiger partial charge in [-0.1, -0.05) is 0 Å². The molecule has 16 heavy (non-hydrogen) atoms. The van der Waals surface area contributed by atoms with Crippen molar-refractivity contribution in [1.29, 1.82) is 0 Å². The first-order chi connectivity index (χ1) is 6.95. The van der Waals surface area contributed by atoms with E-state index in [4.69, 9.17) is 35.1 Å². The number of carbonyl (C=O) groups is 1. The largest absolute Gasteiger partial charge is 0.412 e. The van der Waals surface area contributed by atoms with Crippen molar-refractivity contribution in [2.24, 2.45) is 0 Å². The SMILES string of the molecule is O.O=C=O.O=C[C@H](O)[C@@H](O)[C@H](O)[C@H](O)CO. The monoisotopic (exact) mass is 242 g/mol. The molecule has 0 heterocycles. The van der Waals surface area contributed by atoms with E-state index in [1.807, 2.05) is 0 Å². The van der Waals surface area contributed by atoms with Gasteiger partial charge in [-0.2, -0.15) is 9.59 Å². The number of aliphatic hydroxyl groups excluding tert-OH is 5. The van der Waals surface area contributed by atoms with E-state index in [0.717, 1.165) is 0 Å². The average Bonchev–Trinajstić information content (AvgIpc) is 2.25. The molecule has 0 aliphatic heterocycles. The van der Waals surface area contributed by atoms with E-state index >= 15 is 0 Å². The highest BCUT2D eigenvalue weighted by molar-refractivity contribution is 5.56. The average molecular weight is 242 g/mol. The Morgan fingerprint density at radius 3 is 1.69 bits per heavy atom. The molecule has 96 valence electrons. The summed E-state index contributed by atoms with van der Waals surface area (Å²) in [5.74, 6) is 0. The molecule has 0 aromatic heterocycles. The Balaban J connectivity index is -0.000000377. The number of rotatable bonds is 5. The van der Waals surface area contributed by atoms with Gasteiger partial charge in [-0.15, -0.1) is 0 Å². The third kappa shape index (κ3) is 8.15. The third-order valence-electron chi connectivity index (χ3n) is 1.42. The Morgan fingerprint density at radius 1 is 1.06 bits per heavy atom. The van der Waals surface area contributed by atoms with Crippen LogP contribution in [0.15, 0.2) is 0 Å². The van der Waals surface area contributed by atoms with Crippen molar-refractivity contribution >= 4 is 12.4 Å². The minimum atomic E-state index is -1.79. The smallest absolute Gasteiger partial charge is 0.373 e. The first-order valence-corrected chi connectivity index (χ1v) is 3.73. The van der Waals surface area contributed by atoms with Crippen LogP contribution in [0.25, 0.3) is 0 Å². The van der Waals surface area contributed by atoms with E-state index in [-0.39, 0.29) is 17.9 Å². The number of aliphatic hydroxyl groups is 5. The summed E-state index contributed by atoms with van der Waals surface area (Å²) in [5, 5.41) is 43.5. The van der Waals surface area contributed by atoms with Crippen LogP contribution >= 0.6 is 0 Å². The van der Waals surface area contributed by atoms with Crippen LogP contribution in [-0.4, -0.2) is 74.5 Å². The molecule has 9 nitrogen and oxygen atoms in total. The number of hydrogen-bond donors (Lipinski definition) is 5. The summed E-state index contributed by atoms with van der Waals surface area (Å²) in [6.45, 7) is -0.760. The summed E-state index contributed by atoms with van der Waals surface area (Å²) in [5.41, 5.74) is 0. The van der Waals surface area contributed by atoms with Gasteiger partial charge in [0.2, 0.25) is 0 Å². The molecule has 0 rings (SSSR count). The highest BCUT2D eigenvalue weighted by Crippen LogP contribution is 2.02. The zero-order valence-corrected chi connectivity index (χ0v) is 8.05. The van der Waals surface area contributed by atoms with Gasteiger partial charge >= 0.3 is 6.15 Å². The quantitative estimate of drug-likeness (QED) is 0.297. The van der Waals surface area contributed by atoms with Gasteiger partial charge in [0.05, 0.1) is 6.61 Å². The van der Waals surface area contributed by atoms with Gasteiger partial charge in [0, 0.05) is 0 Å². The molecule has 0 unspecified atom stereocenters. The van der Waals surface area contributed by atoms with Gasteiger partial charge in [0.25, 0.3) is 0 Å². The van der Waals surface area contributed by atoms with Crippen LogP contribution in [0, 0.1) is 0 Å². The molecule has 0 aliphatic rings. The second-order valence-electron chi connectivity index (χ2n) is 2.44. The van der Waals surface area contributed by atoms with Gasteiger partial charge in [-0.05, 0) is 0 Å². The Kier molecular flexibility index (Phi) is 15.0. The normalized spacial score (nSPS) is 16.3. The second-order valence-corrected chi connectivity index (χ2v) is 2.44. The van der Waals surface area contributed by atoms with Crippen molar-refractivity contribution in [3.8, 4) is 0 Å². The topological polar surface area (TPSA) is 184 Å². The summed E-state index contributed by atoms with van der Waals surface area (Å²) >= 11 is 0. The van der Waals surface area contributed by atoms with E-state index in [1.165, 1.54) is 0 Å². The molecule has 0 saturated heterocycles. The van der Waals surface area contributed by atoms with E-state index < -0.39 is 31.0 Å². The van der Waals surface area contributed by atoms with E-state index in [9.17, 15) is 4.79 Å². The van der Waals surface area contributed by atoms with Gasteiger partial charge in [-0.25, -0.2) is 0 Å². The van der Waals surface area contributed by atoms with Crippen molar-refractivity contribution in [1.82, 2.24) is 0 Å². The highest BCUT2D eigenvalue weighted by atomic mass is 16.4. The minimum absolute atomic E-state index is 0. The Bertz CT molecular complexity index is 200. The van der Waals surface area contributed by atoms with E-state index in [2.05, 4.69) is 0 Å². The predicted octanol–water partition coefficient (Wildman–Crippen LogP) is -4.79. The fraction of sp³-hybridized carbons (Fsp3) is 0.714. The Labute approximate surface area is 89.9 Å². The number of hydrogen-bond acceptors (Lipinski definition) is 8. The Morgan fingerprint density at radius 2 is 1.44 bits per heavy atom. The zero-order valence-electron chi connectivity index (χ0n) is 8.05. The van der Waals surface area contributed by atoms with E-state index in [0.29, 0.717) is 0 Å². The minimum Gasteiger partial charge on any atom is -0.412 e. The van der Waals surface area contributed by atoms with Crippen LogP contribution in [0.2, 0.25) is 0 Å². The molecule has 0 radical (unpaired) electrons. The molecule has 4 atom stereocenters. The third-order valence-corrected chi connectivity index (χ3v) is 1.42. The highest BCUT2D eigenvalue weighted by Gasteiger charge is 2.29. The van der Waals surface area contributed by atoms with Crippen LogP contribution in [0.3, 0.4) is 0 Å². The lowest BCUT2D eigenvalue weighted by Gasteiger charge is -2.22. The molecule has 0 spiro atoms. The van der Waals surface area contributed by atoms with Crippen LogP contribution in [0.4, 0.5) is 0 Å². The lowest BCUT2D eigenvalue weighted by molar-refractivity contribution is -0.191. The van der Waals surface area contributed by atoms with Crippen LogP contribution < -0.4 is 0 Å². The van der Waals surface area contributed by atoms with Crippen molar-refractivity contribution in [2.45, 2.75) is 24.4 Å². The number of carbonyl (C=O) groups excluding carboxylic acids is 3. The maximum absolute atomic E-state index is 9.90. The molecular weight excluding hydrogens is 228 g/mol. The maximum atomic E-state index is 9.90. The lowest BCUT2D eigenvalue weighted by Crippen LogP contribution is -2.46. The molecule has 0 amide bonds. The fourth-order valence-electron chi connectivity index (χ4n) is 0.618. The van der Waals surface area contributed by atoms with Gasteiger partial charge in [0.1, 0.15) is 24.4 Å². The van der Waals surface area contributed by atoms with Crippen molar-refractivity contribution in [3.63, 3.8) is 0 Å². The fourth-order valence-corrected chi connectivity index (χ4v) is 0.618. The van der Waals surface area contributed by atoms with Crippen LogP contribution in [0.1, 0.15) is 0 Å². The maximum Gasteiger partial charge on any atom is 0.373 e. The standard InChI is InChI=1S/C6H12O6.CO2.H2O/c7-1-3(9)5(11)6(12)4(10)2-8;2-1-3;/h1,3-6,8-12H,2H2;;1H2/t3-,4+,5+,6+;;/m0../s1. The first kappa shape index (κ1) is 20.3. The first-order valence-electron chi connectivity index (χ1n) is 3.73. The van der Waals surface area contributed by atoms with Gasteiger partial charge in [-0.3, -0.25) is 0 Å². The van der Waals surface area contributed by atoms with Crippen molar-refractivity contribution in [2.75, 3.05) is 6.61 Å². The molecule has 0 fully saturated rings. The summed E-state index contributed by atoms with van der Waals surface area (Å²) < 4.78 is 0. The van der Waals surface area contributed by atoms with E-state index in [1.54, 1.807) is 0 Å². The predicted molar refractivity (Wildman–Crippen MR) is 45.8 cm³/mol. The summed E-state index contributed by atoms with van der Waals surface area (Å²) in [6.07, 6.45) is -6.59. The lowest BCUT2D eigenvalue weighted by atomic mass is 10.0. The zero-order chi connectivity index (χ0) is 12.4. The molecule has 9 heteroatoms. The molecule has 0 aliphatic carbocycles. The van der Waals surface area contributed by atoms with Crippen LogP contribution in [0.5, 0.6) is 0 Å².